The molecule has 172 valence electrons. The van der Waals surface area contributed by atoms with Crippen LogP contribution in [0.3, 0.4) is 0 Å². The molecule has 3 aromatic carbocycles. The minimum Gasteiger partial charge on any atom is -0.493 e. The minimum absolute atomic E-state index is 0.00440. The summed E-state index contributed by atoms with van der Waals surface area (Å²) < 4.78 is 16.8. The summed E-state index contributed by atoms with van der Waals surface area (Å²) in [5.74, 6) is 1.20. The molecule has 0 heterocycles. The number of benzene rings is 3. The Morgan fingerprint density at radius 3 is 2.45 bits per heavy atom. The molecular weight excluding hydrogens is 440 g/mol. The zero-order valence-electron chi connectivity index (χ0n) is 18.9. The maximum absolute atomic E-state index is 12.1. The number of hydrazone groups is 1. The quantitative estimate of drug-likeness (QED) is 0.306. The molecule has 0 saturated carbocycles. The van der Waals surface area contributed by atoms with E-state index >= 15 is 0 Å². The Balaban J connectivity index is 1.53. The summed E-state index contributed by atoms with van der Waals surface area (Å²) >= 11 is 6.35. The maximum Gasteiger partial charge on any atom is 0.277 e. The Hall–Kier alpha value is -3.51. The molecule has 1 amide bonds. The Morgan fingerprint density at radius 1 is 1.09 bits per heavy atom. The number of methoxy groups -OCH3 is 1. The van der Waals surface area contributed by atoms with E-state index < -0.39 is 0 Å². The molecule has 7 heteroatoms. The fourth-order valence-electron chi connectivity index (χ4n) is 2.95. The van der Waals surface area contributed by atoms with Gasteiger partial charge in [-0.1, -0.05) is 61.0 Å². The van der Waals surface area contributed by atoms with Gasteiger partial charge in [0.05, 0.1) is 24.5 Å². The van der Waals surface area contributed by atoms with Crippen molar-refractivity contribution in [2.45, 2.75) is 26.4 Å². The molecule has 1 N–H and O–H groups in total. The summed E-state index contributed by atoms with van der Waals surface area (Å²) in [5, 5.41) is 4.38. The second-order valence-corrected chi connectivity index (χ2v) is 7.75. The molecule has 1 unspecified atom stereocenters. The van der Waals surface area contributed by atoms with Crippen LogP contribution >= 0.6 is 11.6 Å². The van der Waals surface area contributed by atoms with Crippen LogP contribution in [0.1, 0.15) is 25.8 Å². The minimum atomic E-state index is -0.381. The molecule has 33 heavy (non-hydrogen) atoms. The molecule has 0 spiro atoms. The van der Waals surface area contributed by atoms with Crippen molar-refractivity contribution in [2.75, 3.05) is 13.7 Å². The van der Waals surface area contributed by atoms with Crippen molar-refractivity contribution in [1.29, 1.82) is 0 Å². The number of ether oxygens (including phenoxy) is 3. The highest BCUT2D eigenvalue weighted by atomic mass is 35.5. The Bertz CT molecular complexity index is 1090. The molecule has 0 aromatic heterocycles. The second kappa shape index (κ2) is 11.9. The summed E-state index contributed by atoms with van der Waals surface area (Å²) in [5.41, 5.74) is 5.29. The second-order valence-electron chi connectivity index (χ2n) is 7.34. The van der Waals surface area contributed by atoms with E-state index in [2.05, 4.69) is 10.5 Å². The van der Waals surface area contributed by atoms with Gasteiger partial charge >= 0.3 is 0 Å². The average molecular weight is 467 g/mol. The normalized spacial score (nSPS) is 11.8. The van der Waals surface area contributed by atoms with E-state index in [1.54, 1.807) is 19.2 Å². The van der Waals surface area contributed by atoms with Crippen molar-refractivity contribution in [1.82, 2.24) is 5.43 Å². The largest absolute Gasteiger partial charge is 0.493 e. The summed E-state index contributed by atoms with van der Waals surface area (Å²) in [4.78, 5) is 12.1. The molecule has 0 aliphatic rings. The lowest BCUT2D eigenvalue weighted by Gasteiger charge is -2.17. The average Bonchev–Trinajstić information content (AvgIpc) is 2.84. The van der Waals surface area contributed by atoms with Crippen LogP contribution in [0.5, 0.6) is 17.2 Å². The molecule has 0 fully saturated rings. The first-order chi connectivity index (χ1) is 16.0. The highest BCUT2D eigenvalue weighted by Gasteiger charge is 2.14. The van der Waals surface area contributed by atoms with Crippen LogP contribution in [0.25, 0.3) is 11.1 Å². The van der Waals surface area contributed by atoms with E-state index in [4.69, 9.17) is 25.8 Å². The van der Waals surface area contributed by atoms with Gasteiger partial charge in [0.1, 0.15) is 5.75 Å². The van der Waals surface area contributed by atoms with E-state index in [0.29, 0.717) is 27.8 Å². The van der Waals surface area contributed by atoms with Crippen LogP contribution in [-0.4, -0.2) is 31.9 Å². The zero-order chi connectivity index (χ0) is 23.6. The number of hydrogen-bond donors (Lipinski definition) is 1. The number of hydrogen-bond acceptors (Lipinski definition) is 5. The van der Waals surface area contributed by atoms with Crippen LogP contribution < -0.4 is 19.6 Å². The number of carbonyl (C=O) groups is 1. The number of amides is 1. The highest BCUT2D eigenvalue weighted by Crippen LogP contribution is 2.37. The van der Waals surface area contributed by atoms with Crippen molar-refractivity contribution >= 4 is 23.7 Å². The molecule has 0 bridgehead atoms. The summed E-state index contributed by atoms with van der Waals surface area (Å²) in [6.45, 7) is 3.83. The molecule has 6 nitrogen and oxygen atoms in total. The third-order valence-electron chi connectivity index (χ3n) is 4.88. The molecule has 0 radical (unpaired) electrons. The third kappa shape index (κ3) is 6.99. The topological polar surface area (TPSA) is 69.2 Å². The van der Waals surface area contributed by atoms with Gasteiger partial charge in [-0.15, -0.1) is 0 Å². The van der Waals surface area contributed by atoms with Crippen LogP contribution in [-0.2, 0) is 4.79 Å². The first-order valence-corrected chi connectivity index (χ1v) is 11.0. The van der Waals surface area contributed by atoms with Gasteiger partial charge in [-0.05, 0) is 54.3 Å². The molecular formula is C26H27ClN2O4. The lowest BCUT2D eigenvalue weighted by molar-refractivity contribution is -0.123. The van der Waals surface area contributed by atoms with Crippen LogP contribution in [0.4, 0.5) is 0 Å². The Morgan fingerprint density at radius 2 is 1.79 bits per heavy atom. The zero-order valence-corrected chi connectivity index (χ0v) is 19.6. The molecule has 0 aliphatic carbocycles. The van der Waals surface area contributed by atoms with Gasteiger partial charge in [-0.2, -0.15) is 5.10 Å². The van der Waals surface area contributed by atoms with Gasteiger partial charge in [-0.3, -0.25) is 4.79 Å². The van der Waals surface area contributed by atoms with Crippen molar-refractivity contribution in [2.24, 2.45) is 5.10 Å². The van der Waals surface area contributed by atoms with E-state index in [-0.39, 0.29) is 18.6 Å². The summed E-state index contributed by atoms with van der Waals surface area (Å²) in [6.07, 6.45) is 2.33. The van der Waals surface area contributed by atoms with Gasteiger partial charge in [0, 0.05) is 0 Å². The van der Waals surface area contributed by atoms with Gasteiger partial charge < -0.3 is 14.2 Å². The summed E-state index contributed by atoms with van der Waals surface area (Å²) in [7, 11) is 1.54. The van der Waals surface area contributed by atoms with E-state index in [1.165, 1.54) is 6.21 Å². The van der Waals surface area contributed by atoms with Crippen molar-refractivity contribution in [3.8, 4) is 28.4 Å². The first-order valence-electron chi connectivity index (χ1n) is 10.6. The standard InChI is InChI=1S/C26H27ClN2O4/c1-4-18(2)33-26-23(27)14-19(15-24(26)31-3)16-28-29-25(30)17-32-22-12-10-21(11-13-22)20-8-6-5-7-9-20/h5-16,18H,4,17H2,1-3H3,(H,29,30). The summed E-state index contributed by atoms with van der Waals surface area (Å²) in [6, 6.07) is 21.0. The molecule has 1 atom stereocenters. The van der Waals surface area contributed by atoms with Crippen molar-refractivity contribution in [3.63, 3.8) is 0 Å². The molecule has 0 saturated heterocycles. The van der Waals surface area contributed by atoms with E-state index in [1.807, 2.05) is 68.4 Å². The fourth-order valence-corrected chi connectivity index (χ4v) is 3.21. The van der Waals surface area contributed by atoms with Gasteiger partial charge in [0.15, 0.2) is 18.1 Å². The number of rotatable bonds is 10. The predicted molar refractivity (Wildman–Crippen MR) is 131 cm³/mol. The lowest BCUT2D eigenvalue weighted by Crippen LogP contribution is -2.24. The first kappa shape index (κ1) is 24.1. The highest BCUT2D eigenvalue weighted by molar-refractivity contribution is 6.32. The van der Waals surface area contributed by atoms with Gasteiger partial charge in [0.25, 0.3) is 5.91 Å². The molecule has 3 aromatic rings. The van der Waals surface area contributed by atoms with Crippen LogP contribution in [0, 0.1) is 0 Å². The number of nitrogens with zero attached hydrogens (tertiary/aromatic N) is 1. The predicted octanol–water partition coefficient (Wildman–Crippen LogP) is 5.72. The SMILES string of the molecule is CCC(C)Oc1c(Cl)cc(C=NNC(=O)COc2ccc(-c3ccccc3)cc2)cc1OC. The lowest BCUT2D eigenvalue weighted by atomic mass is 10.1. The smallest absolute Gasteiger partial charge is 0.277 e. The fraction of sp³-hybridized carbons (Fsp3) is 0.231. The molecule has 0 aliphatic heterocycles. The molecule has 3 rings (SSSR count). The van der Waals surface area contributed by atoms with Crippen LogP contribution in [0.15, 0.2) is 71.8 Å². The van der Waals surface area contributed by atoms with E-state index in [9.17, 15) is 4.79 Å². The monoisotopic (exact) mass is 466 g/mol. The van der Waals surface area contributed by atoms with Gasteiger partial charge in [-0.25, -0.2) is 5.43 Å². The number of carbonyl (C=O) groups excluding carboxylic acids is 1. The van der Waals surface area contributed by atoms with E-state index in [0.717, 1.165) is 17.5 Å². The van der Waals surface area contributed by atoms with Crippen molar-refractivity contribution in [3.05, 3.63) is 77.3 Å². The van der Waals surface area contributed by atoms with Crippen molar-refractivity contribution < 1.29 is 19.0 Å². The maximum atomic E-state index is 12.1. The number of nitrogens with one attached hydrogen (secondary N) is 1. The Kier molecular flexibility index (Phi) is 8.72. The third-order valence-corrected chi connectivity index (χ3v) is 5.16. The number of halogens is 1. The van der Waals surface area contributed by atoms with Crippen LogP contribution in [0.2, 0.25) is 5.02 Å². The Labute approximate surface area is 199 Å². The van der Waals surface area contributed by atoms with Gasteiger partial charge in [0.2, 0.25) is 0 Å².